The van der Waals surface area contributed by atoms with E-state index in [0.29, 0.717) is 10.0 Å². The van der Waals surface area contributed by atoms with Gasteiger partial charge in [-0.25, -0.2) is 4.39 Å². The molecule has 5 heteroatoms. The van der Waals surface area contributed by atoms with Crippen LogP contribution in [0.4, 0.5) is 15.8 Å². The molecule has 2 N–H and O–H groups in total. The van der Waals surface area contributed by atoms with Gasteiger partial charge in [0, 0.05) is 17.2 Å². The number of nitrogen functional groups attached to an aromatic ring is 1. The Hall–Kier alpha value is -1.88. The lowest BCUT2D eigenvalue weighted by Crippen LogP contribution is -2.27. The monoisotopic (exact) mass is 350 g/mol. The van der Waals surface area contributed by atoms with Gasteiger partial charge in [0.2, 0.25) is 0 Å². The van der Waals surface area contributed by atoms with Crippen molar-refractivity contribution in [2.75, 3.05) is 17.7 Å². The number of anilines is 2. The van der Waals surface area contributed by atoms with Crippen molar-refractivity contribution in [1.29, 1.82) is 0 Å². The van der Waals surface area contributed by atoms with Crippen LogP contribution in [-0.4, -0.2) is 13.0 Å². The molecule has 0 aliphatic carbocycles. The maximum Gasteiger partial charge on any atom is 0.259 e. The standard InChI is InChI=1S/C16H16BrFN2O/c1-9-4-5-15(10(2)6-9)20(3)16(21)11-7-14(19)13(18)8-12(11)17/h4-8H,19H2,1-3H3. The molecule has 0 spiro atoms. The fourth-order valence-electron chi connectivity index (χ4n) is 2.20. The Morgan fingerprint density at radius 1 is 1.24 bits per heavy atom. The Balaban J connectivity index is 2.42. The number of hydrogen-bond acceptors (Lipinski definition) is 2. The largest absolute Gasteiger partial charge is 0.396 e. The first-order chi connectivity index (χ1) is 9.81. The van der Waals surface area contributed by atoms with Crippen LogP contribution >= 0.6 is 15.9 Å². The predicted octanol–water partition coefficient (Wildman–Crippen LogP) is 4.06. The van der Waals surface area contributed by atoms with Crippen molar-refractivity contribution in [1.82, 2.24) is 0 Å². The summed E-state index contributed by atoms with van der Waals surface area (Å²) in [6.07, 6.45) is 0. The zero-order valence-electron chi connectivity index (χ0n) is 12.1. The van der Waals surface area contributed by atoms with Crippen LogP contribution in [-0.2, 0) is 0 Å². The van der Waals surface area contributed by atoms with Gasteiger partial charge in [-0.15, -0.1) is 0 Å². The summed E-state index contributed by atoms with van der Waals surface area (Å²) in [5.41, 5.74) is 8.77. The summed E-state index contributed by atoms with van der Waals surface area (Å²) in [5.74, 6) is -0.798. The molecule has 0 heterocycles. The van der Waals surface area contributed by atoms with E-state index in [4.69, 9.17) is 5.73 Å². The SMILES string of the molecule is Cc1ccc(N(C)C(=O)c2cc(N)c(F)cc2Br)c(C)c1. The average Bonchev–Trinajstić information content (AvgIpc) is 2.41. The molecule has 0 saturated heterocycles. The van der Waals surface area contributed by atoms with E-state index >= 15 is 0 Å². The van der Waals surface area contributed by atoms with Gasteiger partial charge < -0.3 is 10.6 Å². The molecule has 3 nitrogen and oxygen atoms in total. The number of nitrogens with two attached hydrogens (primary N) is 1. The Morgan fingerprint density at radius 3 is 2.52 bits per heavy atom. The number of nitrogens with zero attached hydrogens (tertiary/aromatic N) is 1. The number of aryl methyl sites for hydroxylation is 2. The van der Waals surface area contributed by atoms with E-state index in [0.717, 1.165) is 16.8 Å². The molecule has 110 valence electrons. The van der Waals surface area contributed by atoms with Gasteiger partial charge in [-0.1, -0.05) is 17.7 Å². The minimum Gasteiger partial charge on any atom is -0.396 e. The number of benzene rings is 2. The van der Waals surface area contributed by atoms with E-state index in [-0.39, 0.29) is 11.6 Å². The van der Waals surface area contributed by atoms with Crippen molar-refractivity contribution in [2.24, 2.45) is 0 Å². The summed E-state index contributed by atoms with van der Waals surface area (Å²) in [7, 11) is 1.69. The topological polar surface area (TPSA) is 46.3 Å². The van der Waals surface area contributed by atoms with Crippen LogP contribution in [0.5, 0.6) is 0 Å². The third-order valence-corrected chi connectivity index (χ3v) is 3.99. The van der Waals surface area contributed by atoms with E-state index in [2.05, 4.69) is 15.9 Å². The number of carbonyl (C=O) groups is 1. The molecule has 0 aliphatic rings. The molecule has 1 amide bonds. The van der Waals surface area contributed by atoms with Gasteiger partial charge in [0.15, 0.2) is 0 Å². The number of amides is 1. The molecule has 0 atom stereocenters. The summed E-state index contributed by atoms with van der Waals surface area (Å²) in [6.45, 7) is 3.94. The van der Waals surface area contributed by atoms with Gasteiger partial charge in [0.05, 0.1) is 11.3 Å². The molecule has 21 heavy (non-hydrogen) atoms. The molecule has 0 unspecified atom stereocenters. The van der Waals surface area contributed by atoms with E-state index in [1.807, 2.05) is 32.0 Å². The van der Waals surface area contributed by atoms with Gasteiger partial charge in [-0.3, -0.25) is 4.79 Å². The van der Waals surface area contributed by atoms with Crippen LogP contribution in [0.15, 0.2) is 34.8 Å². The Labute approximate surface area is 131 Å². The zero-order valence-corrected chi connectivity index (χ0v) is 13.7. The van der Waals surface area contributed by atoms with Gasteiger partial charge in [-0.05, 0) is 53.5 Å². The molecule has 0 radical (unpaired) electrons. The van der Waals surface area contributed by atoms with Gasteiger partial charge >= 0.3 is 0 Å². The molecular formula is C16H16BrFN2O. The lowest BCUT2D eigenvalue weighted by atomic mass is 10.1. The van der Waals surface area contributed by atoms with Crippen molar-refractivity contribution < 1.29 is 9.18 Å². The number of hydrogen-bond donors (Lipinski definition) is 1. The second-order valence-electron chi connectivity index (χ2n) is 5.01. The highest BCUT2D eigenvalue weighted by molar-refractivity contribution is 9.10. The predicted molar refractivity (Wildman–Crippen MR) is 87.2 cm³/mol. The second-order valence-corrected chi connectivity index (χ2v) is 5.86. The number of halogens is 2. The van der Waals surface area contributed by atoms with Crippen LogP contribution in [0.1, 0.15) is 21.5 Å². The van der Waals surface area contributed by atoms with E-state index in [1.165, 1.54) is 17.0 Å². The van der Waals surface area contributed by atoms with Crippen molar-refractivity contribution in [3.05, 3.63) is 57.3 Å². The number of carbonyl (C=O) groups excluding carboxylic acids is 1. The summed E-state index contributed by atoms with van der Waals surface area (Å²) < 4.78 is 13.8. The first kappa shape index (κ1) is 15.5. The second kappa shape index (κ2) is 5.85. The van der Waals surface area contributed by atoms with Crippen molar-refractivity contribution in [2.45, 2.75) is 13.8 Å². The smallest absolute Gasteiger partial charge is 0.259 e. The lowest BCUT2D eigenvalue weighted by Gasteiger charge is -2.21. The fraction of sp³-hybridized carbons (Fsp3) is 0.188. The Kier molecular flexibility index (Phi) is 4.32. The van der Waals surface area contributed by atoms with Crippen molar-refractivity contribution in [3.8, 4) is 0 Å². The maximum absolute atomic E-state index is 13.4. The van der Waals surface area contributed by atoms with Crippen LogP contribution in [0.3, 0.4) is 0 Å². The lowest BCUT2D eigenvalue weighted by molar-refractivity contribution is 0.0992. The van der Waals surface area contributed by atoms with Gasteiger partial charge in [0.25, 0.3) is 5.91 Å². The third kappa shape index (κ3) is 3.08. The zero-order chi connectivity index (χ0) is 15.7. The van der Waals surface area contributed by atoms with Gasteiger partial charge in [0.1, 0.15) is 5.82 Å². The first-order valence-electron chi connectivity index (χ1n) is 6.41. The molecule has 2 aromatic rings. The summed E-state index contributed by atoms with van der Waals surface area (Å²) in [4.78, 5) is 14.1. The molecule has 0 fully saturated rings. The fourth-order valence-corrected chi connectivity index (χ4v) is 2.69. The van der Waals surface area contributed by atoms with Crippen LogP contribution in [0.25, 0.3) is 0 Å². The molecule has 0 aliphatic heterocycles. The number of rotatable bonds is 2. The first-order valence-corrected chi connectivity index (χ1v) is 7.20. The van der Waals surface area contributed by atoms with E-state index in [1.54, 1.807) is 7.05 Å². The molecule has 2 aromatic carbocycles. The highest BCUT2D eigenvalue weighted by Gasteiger charge is 2.19. The van der Waals surface area contributed by atoms with Gasteiger partial charge in [-0.2, -0.15) is 0 Å². The van der Waals surface area contributed by atoms with E-state index < -0.39 is 5.82 Å². The quantitative estimate of drug-likeness (QED) is 0.830. The third-order valence-electron chi connectivity index (χ3n) is 3.34. The summed E-state index contributed by atoms with van der Waals surface area (Å²) in [5, 5.41) is 0. The normalized spacial score (nSPS) is 10.5. The molecule has 0 saturated carbocycles. The van der Waals surface area contributed by atoms with Crippen LogP contribution in [0, 0.1) is 19.7 Å². The Bertz CT molecular complexity index is 716. The summed E-state index contributed by atoms with van der Waals surface area (Å²) >= 11 is 3.21. The minimum absolute atomic E-state index is 0.0458. The summed E-state index contributed by atoms with van der Waals surface area (Å²) in [6, 6.07) is 8.40. The molecular weight excluding hydrogens is 335 g/mol. The molecule has 0 bridgehead atoms. The Morgan fingerprint density at radius 2 is 1.90 bits per heavy atom. The van der Waals surface area contributed by atoms with E-state index in [9.17, 15) is 9.18 Å². The highest BCUT2D eigenvalue weighted by Crippen LogP contribution is 2.27. The van der Waals surface area contributed by atoms with Crippen molar-refractivity contribution >= 4 is 33.2 Å². The van der Waals surface area contributed by atoms with Crippen LogP contribution < -0.4 is 10.6 Å². The maximum atomic E-state index is 13.4. The highest BCUT2D eigenvalue weighted by atomic mass is 79.9. The average molecular weight is 351 g/mol. The van der Waals surface area contributed by atoms with Crippen molar-refractivity contribution in [3.63, 3.8) is 0 Å². The molecule has 2 rings (SSSR count). The minimum atomic E-state index is -0.549. The molecule has 0 aromatic heterocycles. The van der Waals surface area contributed by atoms with Crippen LogP contribution in [0.2, 0.25) is 0 Å².